The summed E-state index contributed by atoms with van der Waals surface area (Å²) in [5, 5.41) is 20.2. The van der Waals surface area contributed by atoms with Crippen molar-refractivity contribution < 1.29 is 23.8 Å². The van der Waals surface area contributed by atoms with Gasteiger partial charge in [0, 0.05) is 35.9 Å². The number of rotatable bonds is 10. The molecule has 0 radical (unpaired) electrons. The number of aromatic nitrogens is 3. The van der Waals surface area contributed by atoms with Gasteiger partial charge in [0.15, 0.2) is 0 Å². The number of amides is 2. The molecule has 250 valence electrons. The molecule has 0 bridgehead atoms. The number of methoxy groups -OCH3 is 1. The predicted octanol–water partition coefficient (Wildman–Crippen LogP) is 7.10. The van der Waals surface area contributed by atoms with Gasteiger partial charge in [-0.1, -0.05) is 56.6 Å². The highest BCUT2D eigenvalue weighted by Gasteiger charge is 2.22. The molecule has 0 spiro atoms. The van der Waals surface area contributed by atoms with Crippen molar-refractivity contribution in [2.45, 2.75) is 52.8 Å². The Morgan fingerprint density at radius 3 is 2.52 bits per heavy atom. The molecule has 2 aromatic heterocycles. The molecule has 0 aliphatic heterocycles. The lowest BCUT2D eigenvalue weighted by Crippen LogP contribution is -2.29. The Labute approximate surface area is 282 Å². The molecule has 0 aliphatic rings. The van der Waals surface area contributed by atoms with Gasteiger partial charge in [0.05, 0.1) is 25.0 Å². The van der Waals surface area contributed by atoms with Crippen molar-refractivity contribution >= 4 is 23.4 Å². The first kappa shape index (κ1) is 34.1. The van der Waals surface area contributed by atoms with Crippen LogP contribution in [0, 0.1) is 12.7 Å². The summed E-state index contributed by atoms with van der Waals surface area (Å²) in [5.74, 6) is 0.832. The maximum absolute atomic E-state index is 14.3. The number of phenols is 1. The quantitative estimate of drug-likeness (QED) is 0.146. The fourth-order valence-electron chi connectivity index (χ4n) is 5.02. The van der Waals surface area contributed by atoms with Crippen molar-refractivity contribution in [2.24, 2.45) is 0 Å². The maximum Gasteiger partial charge on any atom is 0.320 e. The number of carbonyl (C=O) groups is 1. The van der Waals surface area contributed by atoms with Crippen LogP contribution in [0.1, 0.15) is 48.8 Å². The second-order valence-electron chi connectivity index (χ2n) is 12.3. The van der Waals surface area contributed by atoms with Crippen LogP contribution < -0.4 is 25.7 Å². The van der Waals surface area contributed by atoms with E-state index < -0.39 is 17.4 Å². The van der Waals surface area contributed by atoms with Crippen molar-refractivity contribution in [2.75, 3.05) is 12.4 Å². The number of pyridine rings is 1. The first-order chi connectivity index (χ1) is 22.8. The Morgan fingerprint density at radius 1 is 1.02 bits per heavy atom. The zero-order chi connectivity index (χ0) is 34.6. The zero-order valence-electron chi connectivity index (χ0n) is 27.3. The topological polar surface area (TPSA) is 120 Å². The molecule has 3 aromatic carbocycles. The number of phenolic OH excluding ortho intramolecular Hbond substituents is 1. The number of ether oxygens (including phenoxy) is 2. The first-order valence-electron chi connectivity index (χ1n) is 15.2. The first-order valence-corrected chi connectivity index (χ1v) is 15.6. The molecule has 48 heavy (non-hydrogen) atoms. The van der Waals surface area contributed by atoms with E-state index in [1.165, 1.54) is 22.9 Å². The molecule has 0 saturated carbocycles. The summed E-state index contributed by atoms with van der Waals surface area (Å²) in [7, 11) is 1.58. The van der Waals surface area contributed by atoms with E-state index >= 15 is 0 Å². The lowest BCUT2D eigenvalue weighted by molar-refractivity contribution is 0.251. The third kappa shape index (κ3) is 7.98. The van der Waals surface area contributed by atoms with Crippen LogP contribution in [0.15, 0.2) is 83.7 Å². The normalized spacial score (nSPS) is 11.3. The zero-order valence-corrected chi connectivity index (χ0v) is 28.1. The monoisotopic (exact) mass is 673 g/mol. The van der Waals surface area contributed by atoms with Crippen LogP contribution in [0.25, 0.3) is 5.69 Å². The van der Waals surface area contributed by atoms with Gasteiger partial charge in [-0.25, -0.2) is 13.9 Å². The molecule has 5 aromatic rings. The molecule has 2 heterocycles. The fraction of sp³-hybridized carbons (Fsp3) is 0.250. The second-order valence-corrected chi connectivity index (χ2v) is 12.7. The molecule has 12 heteroatoms. The van der Waals surface area contributed by atoms with E-state index in [1.54, 1.807) is 55.0 Å². The van der Waals surface area contributed by atoms with Crippen LogP contribution in [-0.2, 0) is 25.1 Å². The van der Waals surface area contributed by atoms with Gasteiger partial charge in [0.2, 0.25) is 0 Å². The number of aromatic hydroxyl groups is 1. The number of carbonyl (C=O) groups excluding carboxylic acids is 1. The van der Waals surface area contributed by atoms with E-state index in [0.717, 1.165) is 11.3 Å². The minimum absolute atomic E-state index is 0.0242. The molecule has 3 N–H and O–H groups in total. The van der Waals surface area contributed by atoms with Crippen molar-refractivity contribution in [1.82, 2.24) is 19.7 Å². The third-order valence-electron chi connectivity index (χ3n) is 7.67. The average Bonchev–Trinajstić information content (AvgIpc) is 3.48. The van der Waals surface area contributed by atoms with Gasteiger partial charge < -0.3 is 24.5 Å². The van der Waals surface area contributed by atoms with Gasteiger partial charge in [-0.3, -0.25) is 10.1 Å². The number of hydrogen-bond donors (Lipinski definition) is 3. The molecule has 0 atom stereocenters. The maximum atomic E-state index is 14.3. The number of halogens is 2. The van der Waals surface area contributed by atoms with Crippen molar-refractivity contribution in [1.29, 1.82) is 0 Å². The summed E-state index contributed by atoms with van der Waals surface area (Å²) in [6.07, 6.45) is 0. The summed E-state index contributed by atoms with van der Waals surface area (Å²) < 4.78 is 28.7. The highest BCUT2D eigenvalue weighted by atomic mass is 35.5. The fourth-order valence-corrected chi connectivity index (χ4v) is 5.23. The number of urea groups is 1. The highest BCUT2D eigenvalue weighted by molar-refractivity contribution is 6.31. The molecule has 5 rings (SSSR count). The van der Waals surface area contributed by atoms with Gasteiger partial charge in [-0.15, -0.1) is 0 Å². The Hall–Kier alpha value is -5.29. The van der Waals surface area contributed by atoms with Crippen LogP contribution in [0.3, 0.4) is 0 Å². The number of anilines is 1. The van der Waals surface area contributed by atoms with E-state index in [-0.39, 0.29) is 35.1 Å². The van der Waals surface area contributed by atoms with Crippen molar-refractivity contribution in [3.05, 3.63) is 128 Å². The molecule has 2 amide bonds. The van der Waals surface area contributed by atoms with Gasteiger partial charge in [-0.2, -0.15) is 5.10 Å². The summed E-state index contributed by atoms with van der Waals surface area (Å²) >= 11 is 6.47. The number of hydrogen-bond acceptors (Lipinski definition) is 6. The van der Waals surface area contributed by atoms with E-state index in [2.05, 4.69) is 15.7 Å². The SMILES string of the molecule is COc1cccc(Cn2c(C)cc(OCc3ccc(F)cc3CNC(=O)Nc3cc(C(C)(C)C)nn3-c3cccc(O)c3)c(Cl)c2=O)c1. The Balaban J connectivity index is 1.29. The van der Waals surface area contributed by atoms with Gasteiger partial charge >= 0.3 is 6.03 Å². The minimum atomic E-state index is -0.550. The van der Waals surface area contributed by atoms with E-state index in [4.69, 9.17) is 21.1 Å². The average molecular weight is 674 g/mol. The molecule has 0 fully saturated rings. The molecular weight excluding hydrogens is 637 g/mol. The van der Waals surface area contributed by atoms with Crippen LogP contribution in [0.4, 0.5) is 15.0 Å². The molecule has 0 unspecified atom stereocenters. The molecular formula is C36H37ClFN5O5. The van der Waals surface area contributed by atoms with Crippen LogP contribution in [0.2, 0.25) is 5.02 Å². The Kier molecular flexibility index (Phi) is 10.1. The standard InChI is InChI=1S/C36H37ClFN5O5/c1-22-14-30(33(37)34(45)42(22)20-23-8-6-11-29(15-23)47-5)48-21-24-12-13-26(38)16-25(24)19-39-35(46)40-32-18-31(36(2,3)4)41-43(32)27-9-7-10-28(44)17-27/h6-18,44H,19-21H2,1-5H3,(H2,39,40,46). The van der Waals surface area contributed by atoms with Crippen LogP contribution in [-0.4, -0.2) is 32.6 Å². The predicted molar refractivity (Wildman–Crippen MR) is 183 cm³/mol. The summed E-state index contributed by atoms with van der Waals surface area (Å²) in [5.41, 5.74) is 3.14. The molecule has 0 saturated heterocycles. The molecule has 10 nitrogen and oxygen atoms in total. The number of nitrogens with zero attached hydrogens (tertiary/aromatic N) is 3. The lowest BCUT2D eigenvalue weighted by atomic mass is 9.92. The number of benzene rings is 3. The van der Waals surface area contributed by atoms with Crippen molar-refractivity contribution in [3.63, 3.8) is 0 Å². The second kappa shape index (κ2) is 14.2. The summed E-state index contributed by atoms with van der Waals surface area (Å²) in [4.78, 5) is 26.3. The lowest BCUT2D eigenvalue weighted by Gasteiger charge is -2.16. The minimum Gasteiger partial charge on any atom is -0.508 e. The van der Waals surface area contributed by atoms with Gasteiger partial charge in [0.1, 0.15) is 40.5 Å². The summed E-state index contributed by atoms with van der Waals surface area (Å²) in [6, 6.07) is 21.0. The third-order valence-corrected chi connectivity index (χ3v) is 8.02. The van der Waals surface area contributed by atoms with Gasteiger partial charge in [0.25, 0.3) is 5.56 Å². The Bertz CT molecular complexity index is 2020. The highest BCUT2D eigenvalue weighted by Crippen LogP contribution is 2.28. The van der Waals surface area contributed by atoms with Gasteiger partial charge in [-0.05, 0) is 60.0 Å². The van der Waals surface area contributed by atoms with Crippen LogP contribution >= 0.6 is 11.6 Å². The van der Waals surface area contributed by atoms with Crippen molar-refractivity contribution in [3.8, 4) is 22.9 Å². The van der Waals surface area contributed by atoms with Crippen LogP contribution in [0.5, 0.6) is 17.2 Å². The number of nitrogens with one attached hydrogen (secondary N) is 2. The largest absolute Gasteiger partial charge is 0.508 e. The molecule has 0 aliphatic carbocycles. The van der Waals surface area contributed by atoms with E-state index in [9.17, 15) is 19.1 Å². The summed E-state index contributed by atoms with van der Waals surface area (Å²) in [6.45, 7) is 8.03. The number of aryl methyl sites for hydroxylation is 1. The smallest absolute Gasteiger partial charge is 0.320 e. The Morgan fingerprint density at radius 2 is 1.79 bits per heavy atom. The van der Waals surface area contributed by atoms with E-state index in [1.807, 2.05) is 45.0 Å². The van der Waals surface area contributed by atoms with E-state index in [0.29, 0.717) is 40.6 Å².